The molecular formula is C55H107NO5. The van der Waals surface area contributed by atoms with E-state index in [1.807, 2.05) is 6.08 Å². The van der Waals surface area contributed by atoms with Crippen LogP contribution < -0.4 is 5.32 Å². The van der Waals surface area contributed by atoms with Crippen LogP contribution in [-0.4, -0.2) is 47.4 Å². The van der Waals surface area contributed by atoms with E-state index in [1.54, 1.807) is 6.08 Å². The standard InChI is InChI=1S/C55H107NO5/c1-3-5-7-9-11-13-15-16-17-22-25-29-33-37-41-45-49-55(60)61-50-46-42-38-34-30-26-23-20-18-19-21-24-28-32-36-40-44-48-54(59)56-52(51-57)53(58)47-43-39-35-31-27-14-12-10-8-6-4-2/h43,47,52-53,57-58H,3-42,44-46,48-51H2,1-2H3,(H,56,59)/b47-43+. The third-order valence-corrected chi connectivity index (χ3v) is 12.8. The summed E-state index contributed by atoms with van der Waals surface area (Å²) in [6, 6.07) is -0.629. The van der Waals surface area contributed by atoms with Gasteiger partial charge in [0.15, 0.2) is 0 Å². The highest BCUT2D eigenvalue weighted by Gasteiger charge is 2.18. The lowest BCUT2D eigenvalue weighted by Crippen LogP contribution is -2.45. The van der Waals surface area contributed by atoms with Gasteiger partial charge >= 0.3 is 5.97 Å². The number of carbonyl (C=O) groups is 2. The Morgan fingerprint density at radius 3 is 1.11 bits per heavy atom. The van der Waals surface area contributed by atoms with Gasteiger partial charge in [-0.1, -0.05) is 270 Å². The van der Waals surface area contributed by atoms with E-state index in [-0.39, 0.29) is 18.5 Å². The van der Waals surface area contributed by atoms with Gasteiger partial charge < -0.3 is 20.3 Å². The third kappa shape index (κ3) is 47.9. The van der Waals surface area contributed by atoms with Crippen molar-refractivity contribution in [3.05, 3.63) is 12.2 Å². The Morgan fingerprint density at radius 1 is 0.443 bits per heavy atom. The molecule has 0 radical (unpaired) electrons. The maximum atomic E-state index is 12.4. The zero-order chi connectivity index (χ0) is 44.4. The van der Waals surface area contributed by atoms with Crippen LogP contribution in [0.2, 0.25) is 0 Å². The van der Waals surface area contributed by atoms with Gasteiger partial charge in [0.25, 0.3) is 0 Å². The van der Waals surface area contributed by atoms with Gasteiger partial charge in [-0.15, -0.1) is 0 Å². The molecule has 0 fully saturated rings. The number of aliphatic hydroxyl groups is 2. The van der Waals surface area contributed by atoms with Crippen LogP contribution in [0.3, 0.4) is 0 Å². The van der Waals surface area contributed by atoms with Crippen molar-refractivity contribution in [3.63, 3.8) is 0 Å². The first-order chi connectivity index (χ1) is 30.0. The first-order valence-electron chi connectivity index (χ1n) is 27.5. The van der Waals surface area contributed by atoms with Gasteiger partial charge in [-0.05, 0) is 32.1 Å². The summed E-state index contributed by atoms with van der Waals surface area (Å²) < 4.78 is 5.48. The van der Waals surface area contributed by atoms with Gasteiger partial charge in [0.2, 0.25) is 5.91 Å². The molecule has 2 unspecified atom stereocenters. The van der Waals surface area contributed by atoms with E-state index in [1.165, 1.54) is 238 Å². The minimum atomic E-state index is -0.845. The molecule has 0 saturated heterocycles. The molecular weight excluding hydrogens is 755 g/mol. The Bertz CT molecular complexity index is 909. The number of hydrogen-bond donors (Lipinski definition) is 3. The Labute approximate surface area is 380 Å². The largest absolute Gasteiger partial charge is 0.466 e. The number of allylic oxidation sites excluding steroid dienone is 1. The highest BCUT2D eigenvalue weighted by atomic mass is 16.5. The number of ether oxygens (including phenoxy) is 1. The second-order valence-corrected chi connectivity index (χ2v) is 18.9. The summed E-state index contributed by atoms with van der Waals surface area (Å²) in [6.07, 6.45) is 59.4. The molecule has 0 aromatic heterocycles. The number of unbranched alkanes of at least 4 members (excludes halogenated alkanes) is 40. The third-order valence-electron chi connectivity index (χ3n) is 12.8. The maximum Gasteiger partial charge on any atom is 0.305 e. The predicted octanol–water partition coefficient (Wildman–Crippen LogP) is 16.5. The van der Waals surface area contributed by atoms with Crippen LogP contribution >= 0.6 is 0 Å². The summed E-state index contributed by atoms with van der Waals surface area (Å²) in [5, 5.41) is 23.0. The first kappa shape index (κ1) is 59.6. The molecule has 0 heterocycles. The van der Waals surface area contributed by atoms with Crippen LogP contribution in [-0.2, 0) is 14.3 Å². The fourth-order valence-corrected chi connectivity index (χ4v) is 8.58. The molecule has 0 saturated carbocycles. The molecule has 0 aromatic carbocycles. The summed E-state index contributed by atoms with van der Waals surface area (Å²) in [5.41, 5.74) is 0. The minimum absolute atomic E-state index is 0.00797. The molecule has 3 N–H and O–H groups in total. The Balaban J connectivity index is 3.39. The van der Waals surface area contributed by atoms with E-state index in [0.29, 0.717) is 19.4 Å². The minimum Gasteiger partial charge on any atom is -0.466 e. The predicted molar refractivity (Wildman–Crippen MR) is 264 cm³/mol. The molecule has 0 bridgehead atoms. The zero-order valence-corrected chi connectivity index (χ0v) is 41.2. The molecule has 0 aliphatic rings. The van der Waals surface area contributed by atoms with Gasteiger partial charge in [0.05, 0.1) is 25.4 Å². The second-order valence-electron chi connectivity index (χ2n) is 18.9. The number of aliphatic hydroxyl groups excluding tert-OH is 2. The fourth-order valence-electron chi connectivity index (χ4n) is 8.58. The van der Waals surface area contributed by atoms with Gasteiger partial charge in [-0.2, -0.15) is 0 Å². The summed E-state index contributed by atoms with van der Waals surface area (Å²) in [4.78, 5) is 24.5. The number of nitrogens with one attached hydrogen (secondary N) is 1. The van der Waals surface area contributed by atoms with Crippen molar-refractivity contribution in [1.82, 2.24) is 5.32 Å². The van der Waals surface area contributed by atoms with Gasteiger partial charge in [0, 0.05) is 12.8 Å². The molecule has 2 atom stereocenters. The maximum absolute atomic E-state index is 12.4. The van der Waals surface area contributed by atoms with Crippen molar-refractivity contribution in [2.24, 2.45) is 0 Å². The van der Waals surface area contributed by atoms with Crippen LogP contribution in [0.4, 0.5) is 0 Å². The highest BCUT2D eigenvalue weighted by Crippen LogP contribution is 2.17. The van der Waals surface area contributed by atoms with Crippen molar-refractivity contribution >= 4 is 11.9 Å². The number of rotatable bonds is 51. The van der Waals surface area contributed by atoms with E-state index in [2.05, 4.69) is 19.2 Å². The molecule has 6 heteroatoms. The number of esters is 1. The van der Waals surface area contributed by atoms with E-state index in [9.17, 15) is 19.8 Å². The van der Waals surface area contributed by atoms with Crippen molar-refractivity contribution in [2.75, 3.05) is 13.2 Å². The lowest BCUT2D eigenvalue weighted by molar-refractivity contribution is -0.143. The Hall–Kier alpha value is -1.40. The van der Waals surface area contributed by atoms with E-state index in [0.717, 1.165) is 38.5 Å². The van der Waals surface area contributed by atoms with Crippen LogP contribution in [0.15, 0.2) is 12.2 Å². The quantitative estimate of drug-likeness (QED) is 0.0322. The van der Waals surface area contributed by atoms with Crippen LogP contribution in [0, 0.1) is 0 Å². The number of carbonyl (C=O) groups excluding carboxylic acids is 2. The number of hydrogen-bond acceptors (Lipinski definition) is 5. The summed E-state index contributed by atoms with van der Waals surface area (Å²) in [5.74, 6) is -0.0656. The topological polar surface area (TPSA) is 95.9 Å². The molecule has 0 aromatic rings. The van der Waals surface area contributed by atoms with Crippen LogP contribution in [0.25, 0.3) is 0 Å². The lowest BCUT2D eigenvalue weighted by atomic mass is 10.0. The second kappa shape index (κ2) is 51.2. The Kier molecular flexibility index (Phi) is 50.1. The average molecular weight is 862 g/mol. The molecule has 0 spiro atoms. The average Bonchev–Trinajstić information content (AvgIpc) is 3.26. The Morgan fingerprint density at radius 2 is 0.754 bits per heavy atom. The van der Waals surface area contributed by atoms with Crippen molar-refractivity contribution < 1.29 is 24.5 Å². The van der Waals surface area contributed by atoms with E-state index < -0.39 is 12.1 Å². The van der Waals surface area contributed by atoms with E-state index >= 15 is 0 Å². The van der Waals surface area contributed by atoms with Gasteiger partial charge in [-0.25, -0.2) is 0 Å². The molecule has 6 nitrogen and oxygen atoms in total. The summed E-state index contributed by atoms with van der Waals surface area (Å²) in [6.45, 7) is 4.89. The first-order valence-corrected chi connectivity index (χ1v) is 27.5. The zero-order valence-electron chi connectivity index (χ0n) is 41.2. The molecule has 1 amide bonds. The normalized spacial score (nSPS) is 12.7. The lowest BCUT2D eigenvalue weighted by Gasteiger charge is -2.20. The van der Waals surface area contributed by atoms with Crippen molar-refractivity contribution in [2.45, 2.75) is 315 Å². The van der Waals surface area contributed by atoms with Crippen LogP contribution in [0.5, 0.6) is 0 Å². The molecule has 0 rings (SSSR count). The fraction of sp³-hybridized carbons (Fsp3) is 0.927. The number of amides is 1. The molecule has 362 valence electrons. The molecule has 0 aliphatic heterocycles. The highest BCUT2D eigenvalue weighted by molar-refractivity contribution is 5.76. The SMILES string of the molecule is CCCCCCCCCCC/C=C/C(O)C(CO)NC(=O)CCCCCCCCCCCCCCCCCCCOC(=O)CCCCCCCCCCCCCCCCCC. The smallest absolute Gasteiger partial charge is 0.305 e. The molecule has 61 heavy (non-hydrogen) atoms. The van der Waals surface area contributed by atoms with Crippen LogP contribution in [0.1, 0.15) is 303 Å². The van der Waals surface area contributed by atoms with Gasteiger partial charge in [-0.3, -0.25) is 9.59 Å². The van der Waals surface area contributed by atoms with Crippen molar-refractivity contribution in [1.29, 1.82) is 0 Å². The summed E-state index contributed by atoms with van der Waals surface area (Å²) >= 11 is 0. The monoisotopic (exact) mass is 862 g/mol. The van der Waals surface area contributed by atoms with Crippen molar-refractivity contribution in [3.8, 4) is 0 Å². The van der Waals surface area contributed by atoms with Gasteiger partial charge in [0.1, 0.15) is 0 Å². The van der Waals surface area contributed by atoms with E-state index in [4.69, 9.17) is 4.74 Å². The molecule has 0 aliphatic carbocycles. The summed E-state index contributed by atoms with van der Waals surface area (Å²) in [7, 11) is 0.